The summed E-state index contributed by atoms with van der Waals surface area (Å²) in [6.07, 6.45) is 0.327. The molecule has 0 aromatic carbocycles. The van der Waals surface area contributed by atoms with Crippen molar-refractivity contribution in [2.45, 2.75) is 33.2 Å². The number of aromatic nitrogens is 1. The molecule has 6 heteroatoms. The van der Waals surface area contributed by atoms with Crippen LogP contribution in [0.1, 0.15) is 24.7 Å². The van der Waals surface area contributed by atoms with Crippen LogP contribution >= 0.6 is 0 Å². The molecule has 6 nitrogen and oxygen atoms in total. The van der Waals surface area contributed by atoms with E-state index in [1.165, 1.54) is 0 Å². The Balaban J connectivity index is 2.67. The van der Waals surface area contributed by atoms with Crippen LogP contribution in [0.4, 0.5) is 10.5 Å². The van der Waals surface area contributed by atoms with Crippen LogP contribution in [0.25, 0.3) is 0 Å². The van der Waals surface area contributed by atoms with Crippen molar-refractivity contribution in [1.82, 2.24) is 10.3 Å². The fourth-order valence-corrected chi connectivity index (χ4v) is 1.47. The Bertz CT molecular complexity index is 460. The highest BCUT2D eigenvalue weighted by molar-refractivity contribution is 5.92. The lowest BCUT2D eigenvalue weighted by molar-refractivity contribution is -0.139. The minimum Gasteiger partial charge on any atom is -0.480 e. The van der Waals surface area contributed by atoms with Crippen LogP contribution in [0.5, 0.6) is 0 Å². The van der Waals surface area contributed by atoms with Gasteiger partial charge in [0.2, 0.25) is 0 Å². The smallest absolute Gasteiger partial charge is 0.326 e. The molecule has 1 atom stereocenters. The predicted molar refractivity (Wildman–Crippen MR) is 67.6 cm³/mol. The molecule has 0 aliphatic carbocycles. The number of aliphatic carboxylic acids is 1. The standard InChI is InChI=1S/C12H17N3O3/c1-4-9(11(16)17)14-12(18)15-10-6-5-7(2)13-8(10)3/h5-6,9H,4H2,1-3H3,(H,16,17)(H2,14,15,18)/t9-/m1/s1. The molecule has 1 aromatic rings. The van der Waals surface area contributed by atoms with Crippen LogP contribution < -0.4 is 10.6 Å². The summed E-state index contributed by atoms with van der Waals surface area (Å²) in [7, 11) is 0. The Morgan fingerprint density at radius 2 is 2.06 bits per heavy atom. The Morgan fingerprint density at radius 3 is 2.56 bits per heavy atom. The molecular weight excluding hydrogens is 234 g/mol. The fourth-order valence-electron chi connectivity index (χ4n) is 1.47. The van der Waals surface area contributed by atoms with Crippen LogP contribution in [-0.4, -0.2) is 28.1 Å². The number of nitrogens with zero attached hydrogens (tertiary/aromatic N) is 1. The van der Waals surface area contributed by atoms with E-state index in [1.807, 2.05) is 6.92 Å². The first-order valence-electron chi connectivity index (χ1n) is 5.68. The van der Waals surface area contributed by atoms with E-state index in [0.29, 0.717) is 17.8 Å². The minimum absolute atomic E-state index is 0.327. The lowest BCUT2D eigenvalue weighted by atomic mass is 10.2. The van der Waals surface area contributed by atoms with Crippen molar-refractivity contribution in [3.63, 3.8) is 0 Å². The average molecular weight is 251 g/mol. The van der Waals surface area contributed by atoms with E-state index in [0.717, 1.165) is 5.69 Å². The molecule has 1 aromatic heterocycles. The number of aryl methyl sites for hydroxylation is 2. The second-order valence-electron chi connectivity index (χ2n) is 3.98. The number of hydrogen-bond acceptors (Lipinski definition) is 3. The zero-order chi connectivity index (χ0) is 13.7. The first-order chi connectivity index (χ1) is 8.43. The molecule has 0 fully saturated rings. The third kappa shape index (κ3) is 3.73. The van der Waals surface area contributed by atoms with Crippen LogP contribution in [0.15, 0.2) is 12.1 Å². The van der Waals surface area contributed by atoms with Gasteiger partial charge < -0.3 is 15.7 Å². The lowest BCUT2D eigenvalue weighted by Crippen LogP contribution is -2.42. The van der Waals surface area contributed by atoms with Crippen molar-refractivity contribution in [2.24, 2.45) is 0 Å². The van der Waals surface area contributed by atoms with Crippen molar-refractivity contribution < 1.29 is 14.7 Å². The highest BCUT2D eigenvalue weighted by atomic mass is 16.4. The molecule has 0 aliphatic rings. The number of nitrogens with one attached hydrogen (secondary N) is 2. The number of amides is 2. The molecule has 0 saturated carbocycles. The molecular formula is C12H17N3O3. The Morgan fingerprint density at radius 1 is 1.39 bits per heavy atom. The summed E-state index contributed by atoms with van der Waals surface area (Å²) in [6.45, 7) is 5.32. The Hall–Kier alpha value is -2.11. The van der Waals surface area contributed by atoms with Gasteiger partial charge in [0.05, 0.1) is 11.4 Å². The van der Waals surface area contributed by atoms with Crippen molar-refractivity contribution in [2.75, 3.05) is 5.32 Å². The van der Waals surface area contributed by atoms with Gasteiger partial charge in [-0.2, -0.15) is 0 Å². The summed E-state index contributed by atoms with van der Waals surface area (Å²) in [5.41, 5.74) is 2.11. The average Bonchev–Trinajstić information content (AvgIpc) is 2.29. The first-order valence-corrected chi connectivity index (χ1v) is 5.68. The van der Waals surface area contributed by atoms with Gasteiger partial charge >= 0.3 is 12.0 Å². The quantitative estimate of drug-likeness (QED) is 0.759. The summed E-state index contributed by atoms with van der Waals surface area (Å²) in [5, 5.41) is 13.8. The highest BCUT2D eigenvalue weighted by Crippen LogP contribution is 2.12. The zero-order valence-electron chi connectivity index (χ0n) is 10.7. The fraction of sp³-hybridized carbons (Fsp3) is 0.417. The monoisotopic (exact) mass is 251 g/mol. The summed E-state index contributed by atoms with van der Waals surface area (Å²) in [4.78, 5) is 26.6. The van der Waals surface area contributed by atoms with Gasteiger partial charge in [-0.3, -0.25) is 4.98 Å². The molecule has 3 N–H and O–H groups in total. The van der Waals surface area contributed by atoms with E-state index in [1.54, 1.807) is 26.0 Å². The molecule has 0 spiro atoms. The van der Waals surface area contributed by atoms with Gasteiger partial charge in [0.15, 0.2) is 0 Å². The summed E-state index contributed by atoms with van der Waals surface area (Å²) >= 11 is 0. The van der Waals surface area contributed by atoms with Crippen molar-refractivity contribution in [1.29, 1.82) is 0 Å². The van der Waals surface area contributed by atoms with Gasteiger partial charge in [0, 0.05) is 5.69 Å². The van der Waals surface area contributed by atoms with Crippen LogP contribution in [0.2, 0.25) is 0 Å². The number of carbonyl (C=O) groups is 2. The third-order valence-corrected chi connectivity index (χ3v) is 2.48. The van der Waals surface area contributed by atoms with Gasteiger partial charge in [-0.25, -0.2) is 9.59 Å². The Kier molecular flexibility index (Phi) is 4.65. The minimum atomic E-state index is -1.05. The Labute approximate surface area is 105 Å². The van der Waals surface area contributed by atoms with Crippen molar-refractivity contribution >= 4 is 17.7 Å². The zero-order valence-corrected chi connectivity index (χ0v) is 10.7. The van der Waals surface area contributed by atoms with Gasteiger partial charge in [0.1, 0.15) is 6.04 Å². The number of anilines is 1. The second kappa shape index (κ2) is 6.00. The van der Waals surface area contributed by atoms with E-state index in [-0.39, 0.29) is 0 Å². The molecule has 2 amide bonds. The number of pyridine rings is 1. The number of carbonyl (C=O) groups excluding carboxylic acids is 1. The largest absolute Gasteiger partial charge is 0.480 e. The highest BCUT2D eigenvalue weighted by Gasteiger charge is 2.17. The number of carboxylic acids is 1. The number of carboxylic acid groups (broad SMARTS) is 1. The maximum Gasteiger partial charge on any atom is 0.326 e. The topological polar surface area (TPSA) is 91.3 Å². The lowest BCUT2D eigenvalue weighted by Gasteiger charge is -2.14. The summed E-state index contributed by atoms with van der Waals surface area (Å²) in [6, 6.07) is 2.08. The predicted octanol–water partition coefficient (Wildman–Crippen LogP) is 1.68. The van der Waals surface area contributed by atoms with E-state index in [4.69, 9.17) is 5.11 Å². The SMILES string of the molecule is CC[C@@H](NC(=O)Nc1ccc(C)nc1C)C(=O)O. The first kappa shape index (κ1) is 14.0. The van der Waals surface area contributed by atoms with Gasteiger partial charge in [-0.15, -0.1) is 0 Å². The molecule has 1 heterocycles. The number of rotatable bonds is 4. The van der Waals surface area contributed by atoms with Gasteiger partial charge in [-0.1, -0.05) is 6.92 Å². The van der Waals surface area contributed by atoms with Crippen LogP contribution in [0.3, 0.4) is 0 Å². The maximum absolute atomic E-state index is 11.6. The normalized spacial score (nSPS) is 11.7. The van der Waals surface area contributed by atoms with E-state index in [9.17, 15) is 9.59 Å². The molecule has 0 unspecified atom stereocenters. The van der Waals surface area contributed by atoms with E-state index < -0.39 is 18.0 Å². The van der Waals surface area contributed by atoms with Crippen molar-refractivity contribution in [3.8, 4) is 0 Å². The maximum atomic E-state index is 11.6. The van der Waals surface area contributed by atoms with Crippen molar-refractivity contribution in [3.05, 3.63) is 23.5 Å². The molecule has 0 aliphatic heterocycles. The van der Waals surface area contributed by atoms with Crippen LogP contribution in [-0.2, 0) is 4.79 Å². The van der Waals surface area contributed by atoms with E-state index in [2.05, 4.69) is 15.6 Å². The summed E-state index contributed by atoms with van der Waals surface area (Å²) < 4.78 is 0. The molecule has 0 bridgehead atoms. The molecule has 0 saturated heterocycles. The number of hydrogen-bond donors (Lipinski definition) is 3. The third-order valence-electron chi connectivity index (χ3n) is 2.48. The van der Waals surface area contributed by atoms with E-state index >= 15 is 0 Å². The molecule has 98 valence electrons. The summed E-state index contributed by atoms with van der Waals surface area (Å²) in [5.74, 6) is -1.05. The number of urea groups is 1. The van der Waals surface area contributed by atoms with Crippen LogP contribution in [0, 0.1) is 13.8 Å². The molecule has 18 heavy (non-hydrogen) atoms. The molecule has 1 rings (SSSR count). The molecule has 0 radical (unpaired) electrons. The van der Waals surface area contributed by atoms with Gasteiger partial charge in [-0.05, 0) is 32.4 Å². The second-order valence-corrected chi connectivity index (χ2v) is 3.98. The van der Waals surface area contributed by atoms with Gasteiger partial charge in [0.25, 0.3) is 0 Å².